The van der Waals surface area contributed by atoms with Gasteiger partial charge in [0.1, 0.15) is 5.75 Å². The van der Waals surface area contributed by atoms with E-state index in [0.29, 0.717) is 5.69 Å². The molecule has 0 aliphatic rings. The predicted octanol–water partition coefficient (Wildman–Crippen LogP) is 3.49. The minimum Gasteiger partial charge on any atom is -0.483 e. The average Bonchev–Trinajstić information content (AvgIpc) is 2.52. The second kappa shape index (κ2) is 7.29. The zero-order valence-corrected chi connectivity index (χ0v) is 13.8. The summed E-state index contributed by atoms with van der Waals surface area (Å²) in [5.41, 5.74) is 2.41. The van der Waals surface area contributed by atoms with E-state index in [-0.39, 0.29) is 24.5 Å². The van der Waals surface area contributed by atoms with Crippen LogP contribution < -0.4 is 10.1 Å². The maximum Gasteiger partial charge on any atom is 0.262 e. The molecule has 1 amide bonds. The third kappa shape index (κ3) is 4.83. The molecule has 0 saturated carbocycles. The summed E-state index contributed by atoms with van der Waals surface area (Å²) in [6, 6.07) is 14.9. The van der Waals surface area contributed by atoms with Crippen molar-refractivity contribution in [3.63, 3.8) is 0 Å². The number of carbonyl (C=O) groups is 1. The van der Waals surface area contributed by atoms with Crippen LogP contribution in [-0.2, 0) is 16.8 Å². The summed E-state index contributed by atoms with van der Waals surface area (Å²) < 4.78 is 5.69. The van der Waals surface area contributed by atoms with Gasteiger partial charge in [0.05, 0.1) is 6.61 Å². The Labute approximate surface area is 137 Å². The van der Waals surface area contributed by atoms with Gasteiger partial charge in [-0.15, -0.1) is 0 Å². The molecule has 23 heavy (non-hydrogen) atoms. The standard InChI is InChI=1S/C19H23NO3/c1-19(2,3)16-9-4-5-10-17(16)23-13-18(22)20-15-8-6-7-14(11-15)12-21/h4-11,21H,12-13H2,1-3H3,(H,20,22). The highest BCUT2D eigenvalue weighted by atomic mass is 16.5. The first-order valence-corrected chi connectivity index (χ1v) is 7.62. The first-order chi connectivity index (χ1) is 10.9. The van der Waals surface area contributed by atoms with Gasteiger partial charge in [0.2, 0.25) is 0 Å². The van der Waals surface area contributed by atoms with Crippen molar-refractivity contribution in [2.45, 2.75) is 32.8 Å². The number of rotatable bonds is 5. The summed E-state index contributed by atoms with van der Waals surface area (Å²) in [7, 11) is 0. The summed E-state index contributed by atoms with van der Waals surface area (Å²) in [5, 5.41) is 11.9. The van der Waals surface area contributed by atoms with Gasteiger partial charge in [0, 0.05) is 5.69 Å². The summed E-state index contributed by atoms with van der Waals surface area (Å²) in [6.07, 6.45) is 0. The fourth-order valence-corrected chi connectivity index (χ4v) is 2.30. The number of carbonyl (C=O) groups excluding carboxylic acids is 1. The molecule has 0 aromatic heterocycles. The molecule has 0 atom stereocenters. The highest BCUT2D eigenvalue weighted by Crippen LogP contribution is 2.30. The van der Waals surface area contributed by atoms with Gasteiger partial charge in [0.15, 0.2) is 6.61 Å². The molecule has 0 bridgehead atoms. The smallest absolute Gasteiger partial charge is 0.262 e. The molecule has 0 heterocycles. The molecule has 2 rings (SSSR count). The van der Waals surface area contributed by atoms with Crippen LogP contribution in [0.4, 0.5) is 5.69 Å². The van der Waals surface area contributed by atoms with Crippen LogP contribution in [0.3, 0.4) is 0 Å². The highest BCUT2D eigenvalue weighted by molar-refractivity contribution is 5.91. The van der Waals surface area contributed by atoms with E-state index in [1.165, 1.54) is 0 Å². The Kier molecular flexibility index (Phi) is 5.40. The topological polar surface area (TPSA) is 58.6 Å². The molecule has 0 saturated heterocycles. The quantitative estimate of drug-likeness (QED) is 0.888. The molecule has 0 aliphatic carbocycles. The van der Waals surface area contributed by atoms with Crippen molar-refractivity contribution in [2.24, 2.45) is 0 Å². The Morgan fingerprint density at radius 3 is 2.57 bits per heavy atom. The van der Waals surface area contributed by atoms with E-state index in [4.69, 9.17) is 9.84 Å². The molecule has 2 aromatic carbocycles. The maximum absolute atomic E-state index is 12.0. The second-order valence-electron chi connectivity index (χ2n) is 6.44. The minimum absolute atomic E-state index is 0.0530. The molecule has 4 heteroatoms. The van der Waals surface area contributed by atoms with Gasteiger partial charge >= 0.3 is 0 Å². The SMILES string of the molecule is CC(C)(C)c1ccccc1OCC(=O)Nc1cccc(CO)c1. The van der Waals surface area contributed by atoms with Crippen LogP contribution in [0.15, 0.2) is 48.5 Å². The van der Waals surface area contributed by atoms with E-state index in [0.717, 1.165) is 16.9 Å². The van der Waals surface area contributed by atoms with Gasteiger partial charge in [-0.1, -0.05) is 51.1 Å². The van der Waals surface area contributed by atoms with E-state index in [9.17, 15) is 4.79 Å². The monoisotopic (exact) mass is 313 g/mol. The fraction of sp³-hybridized carbons (Fsp3) is 0.316. The van der Waals surface area contributed by atoms with E-state index in [1.54, 1.807) is 24.3 Å². The number of ether oxygens (including phenoxy) is 1. The largest absolute Gasteiger partial charge is 0.483 e. The van der Waals surface area contributed by atoms with Gasteiger partial charge in [-0.2, -0.15) is 0 Å². The lowest BCUT2D eigenvalue weighted by atomic mass is 9.86. The van der Waals surface area contributed by atoms with Gasteiger partial charge in [-0.3, -0.25) is 4.79 Å². The van der Waals surface area contributed by atoms with Crippen molar-refractivity contribution in [3.8, 4) is 5.75 Å². The zero-order valence-electron chi connectivity index (χ0n) is 13.8. The lowest BCUT2D eigenvalue weighted by Gasteiger charge is -2.22. The summed E-state index contributed by atoms with van der Waals surface area (Å²) in [4.78, 5) is 12.0. The van der Waals surface area contributed by atoms with E-state index < -0.39 is 0 Å². The van der Waals surface area contributed by atoms with Crippen molar-refractivity contribution >= 4 is 11.6 Å². The van der Waals surface area contributed by atoms with Crippen molar-refractivity contribution < 1.29 is 14.6 Å². The molecule has 4 nitrogen and oxygen atoms in total. The normalized spacial score (nSPS) is 11.1. The van der Waals surface area contributed by atoms with Gasteiger partial charge < -0.3 is 15.2 Å². The summed E-state index contributed by atoms with van der Waals surface area (Å²) in [5.74, 6) is 0.489. The number of aliphatic hydroxyl groups is 1. The fourth-order valence-electron chi connectivity index (χ4n) is 2.30. The van der Waals surface area contributed by atoms with Crippen LogP contribution in [-0.4, -0.2) is 17.6 Å². The molecule has 0 aliphatic heterocycles. The number of aliphatic hydroxyl groups excluding tert-OH is 1. The van der Waals surface area contributed by atoms with Crippen LogP contribution in [0.25, 0.3) is 0 Å². The Hall–Kier alpha value is -2.33. The number of anilines is 1. The number of para-hydroxylation sites is 1. The van der Waals surface area contributed by atoms with Crippen LogP contribution in [0.1, 0.15) is 31.9 Å². The van der Waals surface area contributed by atoms with Crippen LogP contribution in [0, 0.1) is 0 Å². The molecule has 0 spiro atoms. The number of benzene rings is 2. The molecule has 122 valence electrons. The average molecular weight is 313 g/mol. The van der Waals surface area contributed by atoms with Crippen LogP contribution >= 0.6 is 0 Å². The lowest BCUT2D eigenvalue weighted by molar-refractivity contribution is -0.118. The van der Waals surface area contributed by atoms with Crippen LogP contribution in [0.2, 0.25) is 0 Å². The Balaban J connectivity index is 2.00. The maximum atomic E-state index is 12.0. The predicted molar refractivity (Wildman–Crippen MR) is 91.6 cm³/mol. The van der Waals surface area contributed by atoms with Gasteiger partial charge in [-0.05, 0) is 34.7 Å². The van der Waals surface area contributed by atoms with Gasteiger partial charge in [0.25, 0.3) is 5.91 Å². The molecule has 0 radical (unpaired) electrons. The summed E-state index contributed by atoms with van der Waals surface area (Å²) >= 11 is 0. The second-order valence-corrected chi connectivity index (χ2v) is 6.44. The Morgan fingerprint density at radius 2 is 1.87 bits per heavy atom. The number of nitrogens with one attached hydrogen (secondary N) is 1. The van der Waals surface area contributed by atoms with E-state index >= 15 is 0 Å². The van der Waals surface area contributed by atoms with E-state index in [1.807, 2.05) is 24.3 Å². The highest BCUT2D eigenvalue weighted by Gasteiger charge is 2.18. The van der Waals surface area contributed by atoms with Crippen LogP contribution in [0.5, 0.6) is 5.75 Å². The number of hydrogen-bond acceptors (Lipinski definition) is 3. The Morgan fingerprint density at radius 1 is 1.13 bits per heavy atom. The van der Waals surface area contributed by atoms with Crippen molar-refractivity contribution in [3.05, 3.63) is 59.7 Å². The molecular formula is C19H23NO3. The summed E-state index contributed by atoms with van der Waals surface area (Å²) in [6.45, 7) is 6.20. The Bertz CT molecular complexity index is 674. The van der Waals surface area contributed by atoms with Crippen molar-refractivity contribution in [2.75, 3.05) is 11.9 Å². The molecule has 0 fully saturated rings. The van der Waals surface area contributed by atoms with Crippen molar-refractivity contribution in [1.29, 1.82) is 0 Å². The molecule has 2 aromatic rings. The first kappa shape index (κ1) is 17.0. The zero-order chi connectivity index (χ0) is 16.9. The third-order valence-corrected chi connectivity index (χ3v) is 3.45. The van der Waals surface area contributed by atoms with Gasteiger partial charge in [-0.25, -0.2) is 0 Å². The molecular weight excluding hydrogens is 290 g/mol. The molecule has 0 unspecified atom stereocenters. The molecule has 2 N–H and O–H groups in total. The van der Waals surface area contributed by atoms with E-state index in [2.05, 4.69) is 26.1 Å². The lowest BCUT2D eigenvalue weighted by Crippen LogP contribution is -2.22. The third-order valence-electron chi connectivity index (χ3n) is 3.45. The number of hydrogen-bond donors (Lipinski definition) is 2. The number of amides is 1. The minimum atomic E-state index is -0.233. The van der Waals surface area contributed by atoms with Crippen molar-refractivity contribution in [1.82, 2.24) is 0 Å². The first-order valence-electron chi connectivity index (χ1n) is 7.62.